The summed E-state index contributed by atoms with van der Waals surface area (Å²) in [5.41, 5.74) is 3.50. The van der Waals surface area contributed by atoms with Gasteiger partial charge in [0.2, 0.25) is 5.91 Å². The van der Waals surface area contributed by atoms with Gasteiger partial charge >= 0.3 is 0 Å². The molecule has 0 aliphatic carbocycles. The molecule has 2 aromatic carbocycles. The average molecular weight is 428 g/mol. The molecule has 7 nitrogen and oxygen atoms in total. The van der Waals surface area contributed by atoms with Crippen molar-refractivity contribution >= 4 is 28.7 Å². The summed E-state index contributed by atoms with van der Waals surface area (Å²) in [5.74, 6) is 2.19. The van der Waals surface area contributed by atoms with Crippen molar-refractivity contribution < 1.29 is 14.3 Å². The van der Waals surface area contributed by atoms with Crippen LogP contribution in [0.25, 0.3) is 22.8 Å². The fourth-order valence-corrected chi connectivity index (χ4v) is 3.49. The Morgan fingerprint density at radius 3 is 2.62 bits per heavy atom. The third-order valence-corrected chi connectivity index (χ3v) is 5.06. The zero-order valence-corrected chi connectivity index (χ0v) is 18.4. The van der Waals surface area contributed by atoms with Crippen molar-refractivity contribution in [1.29, 1.82) is 0 Å². The molecule has 4 aromatic rings. The predicted octanol–water partition coefficient (Wildman–Crippen LogP) is 4.71. The molecule has 2 heterocycles. The SMILES string of the molecule is COc1ccc(/C=C/C(=O)Nc2cc(C)nn2-c2cc(C)c3ccccc3n2)c(OC)c1. The first-order valence-corrected chi connectivity index (χ1v) is 10.1. The molecule has 0 spiro atoms. The van der Waals surface area contributed by atoms with Crippen molar-refractivity contribution in [2.45, 2.75) is 13.8 Å². The molecule has 0 fully saturated rings. The van der Waals surface area contributed by atoms with Crippen molar-refractivity contribution in [3.05, 3.63) is 77.5 Å². The number of aryl methyl sites for hydroxylation is 2. The Hall–Kier alpha value is -4.13. The molecule has 0 atom stereocenters. The van der Waals surface area contributed by atoms with Gasteiger partial charge in [-0.1, -0.05) is 18.2 Å². The summed E-state index contributed by atoms with van der Waals surface area (Å²) in [7, 11) is 3.17. The maximum atomic E-state index is 12.7. The number of carbonyl (C=O) groups is 1. The zero-order chi connectivity index (χ0) is 22.7. The second kappa shape index (κ2) is 8.93. The number of hydrogen-bond acceptors (Lipinski definition) is 5. The molecule has 32 heavy (non-hydrogen) atoms. The van der Waals surface area contributed by atoms with E-state index in [9.17, 15) is 4.79 Å². The number of aromatic nitrogens is 3. The summed E-state index contributed by atoms with van der Waals surface area (Å²) in [6.45, 7) is 3.91. The van der Waals surface area contributed by atoms with Gasteiger partial charge in [-0.3, -0.25) is 4.79 Å². The number of pyridine rings is 1. The first-order valence-electron chi connectivity index (χ1n) is 10.1. The van der Waals surface area contributed by atoms with E-state index in [4.69, 9.17) is 14.5 Å². The predicted molar refractivity (Wildman–Crippen MR) is 126 cm³/mol. The summed E-state index contributed by atoms with van der Waals surface area (Å²) < 4.78 is 12.2. The van der Waals surface area contributed by atoms with Crippen LogP contribution in [0.1, 0.15) is 16.8 Å². The number of nitrogens with one attached hydrogen (secondary N) is 1. The second-order valence-electron chi connectivity index (χ2n) is 7.33. The zero-order valence-electron chi connectivity index (χ0n) is 18.4. The van der Waals surface area contributed by atoms with Crippen molar-refractivity contribution in [1.82, 2.24) is 14.8 Å². The highest BCUT2D eigenvalue weighted by molar-refractivity contribution is 6.01. The van der Waals surface area contributed by atoms with E-state index in [1.807, 2.05) is 62.4 Å². The third-order valence-electron chi connectivity index (χ3n) is 5.06. The van der Waals surface area contributed by atoms with E-state index in [1.165, 1.54) is 6.08 Å². The van der Waals surface area contributed by atoms with Gasteiger partial charge in [0.25, 0.3) is 0 Å². The third kappa shape index (κ3) is 4.32. The van der Waals surface area contributed by atoms with Crippen molar-refractivity contribution in [2.75, 3.05) is 19.5 Å². The van der Waals surface area contributed by atoms with Crippen LogP contribution in [0, 0.1) is 13.8 Å². The molecule has 162 valence electrons. The Bertz CT molecular complexity index is 1320. The summed E-state index contributed by atoms with van der Waals surface area (Å²) in [6, 6.07) is 17.1. The number of benzene rings is 2. The van der Waals surface area contributed by atoms with Gasteiger partial charge in [-0.25, -0.2) is 4.98 Å². The second-order valence-corrected chi connectivity index (χ2v) is 7.33. The first-order chi connectivity index (χ1) is 15.5. The van der Waals surface area contributed by atoms with Gasteiger partial charge in [-0.05, 0) is 49.8 Å². The molecule has 0 unspecified atom stereocenters. The molecule has 1 amide bonds. The standard InChI is InChI=1S/C25H24N4O3/c1-16-13-23(26-21-8-6-5-7-20(16)21)29-24(14-17(2)28-29)27-25(30)12-10-18-9-11-19(31-3)15-22(18)32-4/h5-15H,1-4H3,(H,27,30)/b12-10+. The maximum Gasteiger partial charge on any atom is 0.249 e. The maximum absolute atomic E-state index is 12.7. The lowest BCUT2D eigenvalue weighted by Crippen LogP contribution is -2.13. The number of carbonyl (C=O) groups excluding carboxylic acids is 1. The lowest BCUT2D eigenvalue weighted by atomic mass is 10.1. The lowest BCUT2D eigenvalue weighted by molar-refractivity contribution is -0.111. The van der Waals surface area contributed by atoms with Crippen molar-refractivity contribution in [3.63, 3.8) is 0 Å². The molecule has 0 radical (unpaired) electrons. The molecule has 0 saturated carbocycles. The van der Waals surface area contributed by atoms with Gasteiger partial charge in [0.15, 0.2) is 5.82 Å². The van der Waals surface area contributed by atoms with Crippen LogP contribution < -0.4 is 14.8 Å². The van der Waals surface area contributed by atoms with E-state index in [2.05, 4.69) is 10.4 Å². The van der Waals surface area contributed by atoms with Gasteiger partial charge < -0.3 is 14.8 Å². The first kappa shape index (κ1) is 21.1. The minimum atomic E-state index is -0.290. The van der Waals surface area contributed by atoms with E-state index in [1.54, 1.807) is 31.0 Å². The van der Waals surface area contributed by atoms with Gasteiger partial charge in [0.05, 0.1) is 25.4 Å². The summed E-state index contributed by atoms with van der Waals surface area (Å²) in [5, 5.41) is 8.51. The van der Waals surface area contributed by atoms with Crippen LogP contribution in [0.2, 0.25) is 0 Å². The summed E-state index contributed by atoms with van der Waals surface area (Å²) in [6.07, 6.45) is 3.15. The normalized spacial score (nSPS) is 11.1. The number of fused-ring (bicyclic) bond motifs is 1. The molecule has 2 aromatic heterocycles. The molecule has 0 aliphatic rings. The quantitative estimate of drug-likeness (QED) is 0.450. The molecule has 0 aliphatic heterocycles. The highest BCUT2D eigenvalue weighted by atomic mass is 16.5. The van der Waals surface area contributed by atoms with E-state index in [0.29, 0.717) is 23.1 Å². The van der Waals surface area contributed by atoms with Crippen molar-refractivity contribution in [2.24, 2.45) is 0 Å². The van der Waals surface area contributed by atoms with E-state index < -0.39 is 0 Å². The Labute approximate surface area is 186 Å². The largest absolute Gasteiger partial charge is 0.497 e. The van der Waals surface area contributed by atoms with Crippen LogP contribution in [0.3, 0.4) is 0 Å². The number of hydrogen-bond donors (Lipinski definition) is 1. The van der Waals surface area contributed by atoms with E-state index in [-0.39, 0.29) is 5.91 Å². The van der Waals surface area contributed by atoms with E-state index >= 15 is 0 Å². The summed E-state index contributed by atoms with van der Waals surface area (Å²) >= 11 is 0. The average Bonchev–Trinajstić information content (AvgIpc) is 3.17. The molecular formula is C25H24N4O3. The minimum Gasteiger partial charge on any atom is -0.497 e. The highest BCUT2D eigenvalue weighted by Crippen LogP contribution is 2.26. The number of amides is 1. The number of anilines is 1. The Morgan fingerprint density at radius 2 is 1.84 bits per heavy atom. The monoisotopic (exact) mass is 428 g/mol. The fraction of sp³-hybridized carbons (Fsp3) is 0.160. The van der Waals surface area contributed by atoms with Crippen molar-refractivity contribution in [3.8, 4) is 17.3 Å². The Morgan fingerprint density at radius 1 is 1.03 bits per heavy atom. The van der Waals surface area contributed by atoms with Gasteiger partial charge in [0, 0.05) is 29.2 Å². The fourth-order valence-electron chi connectivity index (χ4n) is 3.49. The topological polar surface area (TPSA) is 78.3 Å². The van der Waals surface area contributed by atoms with Gasteiger partial charge in [0.1, 0.15) is 17.3 Å². The van der Waals surface area contributed by atoms with Crippen LogP contribution in [0.4, 0.5) is 5.82 Å². The number of rotatable bonds is 6. The highest BCUT2D eigenvalue weighted by Gasteiger charge is 2.13. The smallest absolute Gasteiger partial charge is 0.249 e. The van der Waals surface area contributed by atoms with Gasteiger partial charge in [-0.2, -0.15) is 9.78 Å². The minimum absolute atomic E-state index is 0.290. The summed E-state index contributed by atoms with van der Waals surface area (Å²) in [4.78, 5) is 17.4. The molecule has 0 saturated heterocycles. The number of methoxy groups -OCH3 is 2. The van der Waals surface area contributed by atoms with Crippen LogP contribution in [0.5, 0.6) is 11.5 Å². The molecule has 0 bridgehead atoms. The van der Waals surface area contributed by atoms with Crippen LogP contribution >= 0.6 is 0 Å². The van der Waals surface area contributed by atoms with Crippen LogP contribution in [0.15, 0.2) is 60.7 Å². The number of para-hydroxylation sites is 1. The van der Waals surface area contributed by atoms with Gasteiger partial charge in [-0.15, -0.1) is 0 Å². The van der Waals surface area contributed by atoms with Crippen LogP contribution in [-0.4, -0.2) is 34.9 Å². The number of ether oxygens (including phenoxy) is 2. The molecule has 1 N–H and O–H groups in total. The van der Waals surface area contributed by atoms with Crippen LogP contribution in [-0.2, 0) is 4.79 Å². The molecular weight excluding hydrogens is 404 g/mol. The Balaban J connectivity index is 1.60. The Kier molecular flexibility index (Phi) is 5.89. The number of nitrogens with zero attached hydrogens (tertiary/aromatic N) is 3. The molecule has 7 heteroatoms. The van der Waals surface area contributed by atoms with E-state index in [0.717, 1.165) is 27.7 Å². The molecule has 4 rings (SSSR count). The lowest BCUT2D eigenvalue weighted by Gasteiger charge is -2.10.